The zero-order chi connectivity index (χ0) is 20.5. The molecule has 2 aromatic carbocycles. The summed E-state index contributed by atoms with van der Waals surface area (Å²) in [5.74, 6) is -1.23. The van der Waals surface area contributed by atoms with E-state index in [1.807, 2.05) is 19.9 Å². The van der Waals surface area contributed by atoms with Gasteiger partial charge in [-0.15, -0.1) is 0 Å². The Balaban J connectivity index is 1.87. The fourth-order valence-electron chi connectivity index (χ4n) is 3.01. The lowest BCUT2D eigenvalue weighted by molar-refractivity contribution is 0.102. The molecule has 2 N–H and O–H groups in total. The van der Waals surface area contributed by atoms with Gasteiger partial charge in [0.1, 0.15) is 5.82 Å². The van der Waals surface area contributed by atoms with Crippen molar-refractivity contribution in [2.75, 3.05) is 17.2 Å². The highest BCUT2D eigenvalue weighted by atomic mass is 19.2. The first-order valence-electron chi connectivity index (χ1n) is 9.20. The Labute approximate surface area is 165 Å². The van der Waals surface area contributed by atoms with Gasteiger partial charge in [0, 0.05) is 24.2 Å². The molecule has 0 fully saturated rings. The first-order valence-corrected chi connectivity index (χ1v) is 9.20. The molecule has 4 rings (SSSR count). The van der Waals surface area contributed by atoms with Crippen LogP contribution < -0.4 is 10.6 Å². The van der Waals surface area contributed by atoms with Crippen LogP contribution in [0, 0.1) is 17.6 Å². The van der Waals surface area contributed by atoms with Crippen molar-refractivity contribution >= 4 is 34.2 Å². The molecule has 8 heteroatoms. The number of nitrogens with one attached hydrogen (secondary N) is 2. The molecule has 0 spiro atoms. The Hall–Kier alpha value is -3.55. The predicted octanol–water partition coefficient (Wildman–Crippen LogP) is 4.48. The fraction of sp³-hybridized carbons (Fsp3) is 0.190. The van der Waals surface area contributed by atoms with Gasteiger partial charge >= 0.3 is 0 Å². The van der Waals surface area contributed by atoms with Crippen LogP contribution in [0.4, 0.5) is 20.4 Å². The monoisotopic (exact) mass is 395 g/mol. The van der Waals surface area contributed by atoms with Gasteiger partial charge in [-0.2, -0.15) is 0 Å². The van der Waals surface area contributed by atoms with Crippen molar-refractivity contribution in [2.24, 2.45) is 5.92 Å². The summed E-state index contributed by atoms with van der Waals surface area (Å²) in [5.41, 5.74) is 1.43. The van der Waals surface area contributed by atoms with Crippen LogP contribution >= 0.6 is 0 Å². The molecule has 1 amide bonds. The van der Waals surface area contributed by atoms with Crippen LogP contribution in [0.1, 0.15) is 24.2 Å². The second kappa shape index (κ2) is 7.46. The van der Waals surface area contributed by atoms with Crippen LogP contribution in [-0.2, 0) is 0 Å². The van der Waals surface area contributed by atoms with E-state index < -0.39 is 11.6 Å². The molecule has 0 saturated heterocycles. The Morgan fingerprint density at radius 1 is 1.14 bits per heavy atom. The lowest BCUT2D eigenvalue weighted by atomic mass is 10.2. The third-order valence-electron chi connectivity index (χ3n) is 4.42. The van der Waals surface area contributed by atoms with Crippen molar-refractivity contribution < 1.29 is 13.6 Å². The van der Waals surface area contributed by atoms with Crippen molar-refractivity contribution in [2.45, 2.75) is 13.8 Å². The zero-order valence-corrected chi connectivity index (χ0v) is 15.9. The summed E-state index contributed by atoms with van der Waals surface area (Å²) in [6.07, 6.45) is 1.47. The molecule has 2 aromatic heterocycles. The highest BCUT2D eigenvalue weighted by Crippen LogP contribution is 2.27. The number of amides is 1. The minimum absolute atomic E-state index is 0.246. The van der Waals surface area contributed by atoms with Crippen molar-refractivity contribution in [3.8, 4) is 0 Å². The van der Waals surface area contributed by atoms with E-state index in [1.165, 1.54) is 6.20 Å². The molecule has 148 valence electrons. The first kappa shape index (κ1) is 18.8. The highest BCUT2D eigenvalue weighted by Gasteiger charge is 2.18. The van der Waals surface area contributed by atoms with Gasteiger partial charge in [0.05, 0.1) is 17.2 Å². The molecule has 29 heavy (non-hydrogen) atoms. The van der Waals surface area contributed by atoms with Crippen LogP contribution in [0.15, 0.2) is 48.7 Å². The largest absolute Gasteiger partial charge is 0.367 e. The molecule has 0 aliphatic rings. The molecular weight excluding hydrogens is 376 g/mol. The number of aromatic nitrogens is 3. The van der Waals surface area contributed by atoms with Gasteiger partial charge in [0.25, 0.3) is 5.91 Å². The SMILES string of the molecule is CC(C)CNc1nc2cc(F)c(F)cc2n2c(NC(=O)c3ccccc3)cnc12. The molecule has 0 bridgehead atoms. The van der Waals surface area contributed by atoms with E-state index in [0.717, 1.165) is 12.1 Å². The average molecular weight is 395 g/mol. The second-order valence-electron chi connectivity index (χ2n) is 7.11. The maximum Gasteiger partial charge on any atom is 0.256 e. The van der Waals surface area contributed by atoms with Gasteiger partial charge in [-0.1, -0.05) is 32.0 Å². The van der Waals surface area contributed by atoms with E-state index >= 15 is 0 Å². The van der Waals surface area contributed by atoms with Crippen molar-refractivity contribution in [3.05, 3.63) is 65.9 Å². The van der Waals surface area contributed by atoms with E-state index in [1.54, 1.807) is 28.7 Å². The van der Waals surface area contributed by atoms with E-state index in [9.17, 15) is 13.6 Å². The van der Waals surface area contributed by atoms with Crippen molar-refractivity contribution in [3.63, 3.8) is 0 Å². The maximum absolute atomic E-state index is 14.0. The van der Waals surface area contributed by atoms with Crippen LogP contribution in [0.2, 0.25) is 0 Å². The van der Waals surface area contributed by atoms with Gasteiger partial charge in [0.2, 0.25) is 0 Å². The Morgan fingerprint density at radius 3 is 2.59 bits per heavy atom. The first-order chi connectivity index (χ1) is 13.9. The molecule has 0 unspecified atom stereocenters. The van der Waals surface area contributed by atoms with Crippen molar-refractivity contribution in [1.82, 2.24) is 14.4 Å². The summed E-state index contributed by atoms with van der Waals surface area (Å²) in [4.78, 5) is 21.4. The number of halogens is 2. The summed E-state index contributed by atoms with van der Waals surface area (Å²) in [6, 6.07) is 10.8. The van der Waals surface area contributed by atoms with E-state index in [2.05, 4.69) is 20.6 Å². The number of benzene rings is 2. The predicted molar refractivity (Wildman–Crippen MR) is 108 cm³/mol. The maximum atomic E-state index is 14.0. The molecule has 6 nitrogen and oxygen atoms in total. The Morgan fingerprint density at radius 2 is 1.86 bits per heavy atom. The fourth-order valence-corrected chi connectivity index (χ4v) is 3.01. The molecule has 0 aliphatic carbocycles. The minimum atomic E-state index is -1.00. The van der Waals surface area contributed by atoms with E-state index in [4.69, 9.17) is 0 Å². The zero-order valence-electron chi connectivity index (χ0n) is 15.9. The van der Waals surface area contributed by atoms with Crippen LogP contribution in [0.5, 0.6) is 0 Å². The average Bonchev–Trinajstić information content (AvgIpc) is 3.12. The third kappa shape index (κ3) is 3.61. The third-order valence-corrected chi connectivity index (χ3v) is 4.42. The topological polar surface area (TPSA) is 71.3 Å². The second-order valence-corrected chi connectivity index (χ2v) is 7.11. The normalized spacial score (nSPS) is 11.3. The van der Waals surface area contributed by atoms with Crippen LogP contribution in [0.25, 0.3) is 16.7 Å². The van der Waals surface area contributed by atoms with E-state index in [0.29, 0.717) is 40.8 Å². The summed E-state index contributed by atoms with van der Waals surface area (Å²) >= 11 is 0. The number of hydrogen-bond donors (Lipinski definition) is 2. The number of anilines is 2. The smallest absolute Gasteiger partial charge is 0.256 e. The van der Waals surface area contributed by atoms with Gasteiger partial charge in [0.15, 0.2) is 23.1 Å². The van der Waals surface area contributed by atoms with E-state index in [-0.39, 0.29) is 11.4 Å². The number of carbonyl (C=O) groups excluding carboxylic acids is 1. The number of nitrogens with zero attached hydrogens (tertiary/aromatic N) is 3. The van der Waals surface area contributed by atoms with Crippen molar-refractivity contribution in [1.29, 1.82) is 0 Å². The lowest BCUT2D eigenvalue weighted by Gasteiger charge is -2.13. The molecule has 0 aliphatic heterocycles. The summed E-state index contributed by atoms with van der Waals surface area (Å²) < 4.78 is 29.3. The molecule has 4 aromatic rings. The molecule has 0 atom stereocenters. The quantitative estimate of drug-likeness (QED) is 0.523. The van der Waals surface area contributed by atoms with Gasteiger partial charge in [-0.25, -0.2) is 18.7 Å². The van der Waals surface area contributed by atoms with Crippen LogP contribution in [0.3, 0.4) is 0 Å². The standard InChI is InChI=1S/C21H19F2N5O/c1-12(2)10-24-19-20-25-11-18(27-21(29)13-6-4-3-5-7-13)28(20)17-9-15(23)14(22)8-16(17)26-19/h3-9,11-12H,10H2,1-2H3,(H,24,26)(H,27,29). The molecule has 0 radical (unpaired) electrons. The number of rotatable bonds is 5. The summed E-state index contributed by atoms with van der Waals surface area (Å²) in [5, 5.41) is 5.98. The van der Waals surface area contributed by atoms with Gasteiger partial charge < -0.3 is 10.6 Å². The van der Waals surface area contributed by atoms with Gasteiger partial charge in [-0.3, -0.25) is 9.20 Å². The number of hydrogen-bond acceptors (Lipinski definition) is 4. The summed E-state index contributed by atoms with van der Waals surface area (Å²) in [6.45, 7) is 4.70. The molecular formula is C21H19F2N5O. The number of carbonyl (C=O) groups is 1. The molecule has 0 saturated carbocycles. The van der Waals surface area contributed by atoms with Gasteiger partial charge in [-0.05, 0) is 18.1 Å². The van der Waals surface area contributed by atoms with Crippen LogP contribution in [-0.4, -0.2) is 26.8 Å². The molecule has 2 heterocycles. The Bertz CT molecular complexity index is 1200. The number of imidazole rings is 1. The lowest BCUT2D eigenvalue weighted by Crippen LogP contribution is -2.14. The summed E-state index contributed by atoms with van der Waals surface area (Å²) in [7, 11) is 0. The minimum Gasteiger partial charge on any atom is -0.367 e. The Kier molecular flexibility index (Phi) is 4.84. The number of fused-ring (bicyclic) bond motifs is 3. The highest BCUT2D eigenvalue weighted by molar-refractivity contribution is 6.04.